The van der Waals surface area contributed by atoms with E-state index in [1.807, 2.05) is 0 Å². The van der Waals surface area contributed by atoms with Crippen molar-refractivity contribution in [3.8, 4) is 0 Å². The summed E-state index contributed by atoms with van der Waals surface area (Å²) < 4.78 is 10.7. The molecule has 2 bridgehead atoms. The maximum Gasteiger partial charge on any atom is 0.218 e. The zero-order valence-corrected chi connectivity index (χ0v) is 10.7. The van der Waals surface area contributed by atoms with Crippen LogP contribution in [0.25, 0.3) is 0 Å². The fraction of sp³-hybridized carbons (Fsp3) is 0.429. The number of fused-ring (bicyclic) bond motifs is 4. The van der Waals surface area contributed by atoms with Crippen LogP contribution in [0, 0.1) is 17.8 Å². The van der Waals surface area contributed by atoms with E-state index in [1.165, 1.54) is 0 Å². The first-order valence-corrected chi connectivity index (χ1v) is 6.65. The highest BCUT2D eigenvalue weighted by molar-refractivity contribution is 6.30. The zero-order valence-electron chi connectivity index (χ0n) is 9.91. The molecule has 0 unspecified atom stereocenters. The lowest BCUT2D eigenvalue weighted by Crippen LogP contribution is -2.30. The van der Waals surface area contributed by atoms with Crippen molar-refractivity contribution >= 4 is 23.2 Å². The Balaban J connectivity index is 1.60. The van der Waals surface area contributed by atoms with Gasteiger partial charge in [0.25, 0.3) is 0 Å². The Kier molecular flexibility index (Phi) is 2.37. The summed E-state index contributed by atoms with van der Waals surface area (Å²) in [4.78, 5) is 24.4. The van der Waals surface area contributed by atoms with Gasteiger partial charge in [0.2, 0.25) is 6.29 Å². The fourth-order valence-corrected chi connectivity index (χ4v) is 3.36. The number of halogens is 1. The van der Waals surface area contributed by atoms with Gasteiger partial charge in [0, 0.05) is 28.3 Å². The Morgan fingerprint density at radius 3 is 2.74 bits per heavy atom. The van der Waals surface area contributed by atoms with Gasteiger partial charge in [0.15, 0.2) is 11.6 Å². The van der Waals surface area contributed by atoms with Gasteiger partial charge in [0.1, 0.15) is 0 Å². The highest BCUT2D eigenvalue weighted by atomic mass is 35.5. The van der Waals surface area contributed by atoms with E-state index in [0.717, 1.165) is 0 Å². The average Bonchev–Trinajstić information content (AvgIpc) is 3.02. The summed E-state index contributed by atoms with van der Waals surface area (Å²) in [6.45, 7) is 0.419. The van der Waals surface area contributed by atoms with Crippen LogP contribution in [0.4, 0.5) is 0 Å². The summed E-state index contributed by atoms with van der Waals surface area (Å²) in [7, 11) is 0. The Labute approximate surface area is 114 Å². The number of Topliss-reactive ketones (excluding diaryl/α,β-unsaturated/α-hetero) is 2. The van der Waals surface area contributed by atoms with E-state index in [2.05, 4.69) is 0 Å². The van der Waals surface area contributed by atoms with E-state index in [4.69, 9.17) is 21.1 Å². The van der Waals surface area contributed by atoms with Crippen LogP contribution >= 0.6 is 11.6 Å². The maximum atomic E-state index is 12.4. The van der Waals surface area contributed by atoms with Gasteiger partial charge in [-0.1, -0.05) is 11.6 Å². The van der Waals surface area contributed by atoms with E-state index in [0.29, 0.717) is 17.2 Å². The largest absolute Gasteiger partial charge is 0.343 e. The Hall–Kier alpha value is -1.23. The molecule has 3 fully saturated rings. The normalized spacial score (nSPS) is 39.0. The average molecular weight is 279 g/mol. The van der Waals surface area contributed by atoms with Crippen LogP contribution in [0.1, 0.15) is 10.4 Å². The maximum absolute atomic E-state index is 12.4. The predicted octanol–water partition coefficient (Wildman–Crippen LogP) is 1.71. The molecule has 1 aliphatic carbocycles. The van der Waals surface area contributed by atoms with Gasteiger partial charge in [0.05, 0.1) is 12.7 Å². The minimum atomic E-state index is -0.741. The van der Waals surface area contributed by atoms with E-state index < -0.39 is 6.29 Å². The van der Waals surface area contributed by atoms with E-state index >= 15 is 0 Å². The SMILES string of the molecule is O=C(c1ccc(Cl)cc1)[C@@H]1[C@@H]2C(=O)[C@H]3OC[C@@H](O3)[C@@H]12. The Bertz CT molecular complexity index is 567. The number of benzene rings is 1. The van der Waals surface area contributed by atoms with Gasteiger partial charge in [-0.3, -0.25) is 9.59 Å². The number of rotatable bonds is 2. The lowest BCUT2D eigenvalue weighted by molar-refractivity contribution is -0.153. The standard InChI is InChI=1S/C14H11ClO4/c15-7-3-1-6(2-4-7)12(16)10-9-8-5-18-14(19-8)13(17)11(9)10/h1-4,8-11,14H,5H2/t8-,9+,10+,11-,14+/m1/s1. The van der Waals surface area contributed by atoms with Crippen molar-refractivity contribution in [1.82, 2.24) is 0 Å². The molecule has 0 aromatic heterocycles. The van der Waals surface area contributed by atoms with Crippen LogP contribution in [-0.2, 0) is 14.3 Å². The molecule has 2 saturated heterocycles. The molecule has 5 heteroatoms. The molecule has 0 N–H and O–H groups in total. The first-order valence-electron chi connectivity index (χ1n) is 6.27. The van der Waals surface area contributed by atoms with Gasteiger partial charge in [-0.05, 0) is 24.3 Å². The van der Waals surface area contributed by atoms with Crippen molar-refractivity contribution in [3.05, 3.63) is 34.9 Å². The molecule has 4 rings (SSSR count). The summed E-state index contributed by atoms with van der Waals surface area (Å²) in [6, 6.07) is 6.78. The monoisotopic (exact) mass is 278 g/mol. The van der Waals surface area contributed by atoms with Gasteiger partial charge < -0.3 is 9.47 Å². The summed E-state index contributed by atoms with van der Waals surface area (Å²) in [5, 5.41) is 0.594. The molecule has 5 atom stereocenters. The minimum absolute atomic E-state index is 0.00516. The fourth-order valence-electron chi connectivity index (χ4n) is 3.24. The van der Waals surface area contributed by atoms with E-state index in [9.17, 15) is 9.59 Å². The molecular weight excluding hydrogens is 268 g/mol. The summed E-state index contributed by atoms with van der Waals surface area (Å²) in [6.07, 6.45) is -0.844. The van der Waals surface area contributed by atoms with Gasteiger partial charge in [-0.25, -0.2) is 0 Å². The van der Waals surface area contributed by atoms with Crippen molar-refractivity contribution in [3.63, 3.8) is 0 Å². The second-order valence-electron chi connectivity index (χ2n) is 5.24. The number of ether oxygens (including phenoxy) is 2. The van der Waals surface area contributed by atoms with Crippen LogP contribution < -0.4 is 0 Å². The predicted molar refractivity (Wildman–Crippen MR) is 65.9 cm³/mol. The second kappa shape index (κ2) is 3.88. The molecule has 1 aromatic carbocycles. The smallest absolute Gasteiger partial charge is 0.218 e. The Morgan fingerprint density at radius 1 is 1.26 bits per heavy atom. The summed E-state index contributed by atoms with van der Waals surface area (Å²) >= 11 is 5.81. The van der Waals surface area contributed by atoms with Crippen LogP contribution in [0.3, 0.4) is 0 Å². The molecule has 1 saturated carbocycles. The first-order chi connectivity index (χ1) is 9.16. The number of ketones is 2. The van der Waals surface area contributed by atoms with Crippen molar-refractivity contribution in [2.24, 2.45) is 17.8 Å². The zero-order chi connectivity index (χ0) is 13.1. The molecule has 2 heterocycles. The van der Waals surface area contributed by atoms with Gasteiger partial charge >= 0.3 is 0 Å². The molecule has 2 aliphatic heterocycles. The molecular formula is C14H11ClO4. The van der Waals surface area contributed by atoms with Gasteiger partial charge in [-0.15, -0.1) is 0 Å². The van der Waals surface area contributed by atoms with E-state index in [1.54, 1.807) is 24.3 Å². The van der Waals surface area contributed by atoms with Crippen LogP contribution in [0.2, 0.25) is 5.02 Å². The molecule has 98 valence electrons. The second-order valence-corrected chi connectivity index (χ2v) is 5.68. The lowest BCUT2D eigenvalue weighted by Gasteiger charge is -2.14. The first kappa shape index (κ1) is 11.6. The summed E-state index contributed by atoms with van der Waals surface area (Å²) in [5.74, 6) is -0.529. The molecule has 3 aliphatic rings. The highest BCUT2D eigenvalue weighted by Crippen LogP contribution is 2.57. The van der Waals surface area contributed by atoms with Crippen LogP contribution in [-0.4, -0.2) is 30.6 Å². The molecule has 0 amide bonds. The molecule has 1 aromatic rings. The third-order valence-electron chi connectivity index (χ3n) is 4.21. The van der Waals surface area contributed by atoms with Crippen molar-refractivity contribution in [1.29, 1.82) is 0 Å². The number of carbonyl (C=O) groups is 2. The van der Waals surface area contributed by atoms with Crippen molar-refractivity contribution in [2.75, 3.05) is 6.61 Å². The molecule has 4 nitrogen and oxygen atoms in total. The molecule has 0 radical (unpaired) electrons. The van der Waals surface area contributed by atoms with E-state index in [-0.39, 0.29) is 35.4 Å². The van der Waals surface area contributed by atoms with Crippen molar-refractivity contribution in [2.45, 2.75) is 12.4 Å². The molecule has 19 heavy (non-hydrogen) atoms. The lowest BCUT2D eigenvalue weighted by atomic mass is 10.0. The number of hydrogen-bond donors (Lipinski definition) is 0. The summed E-state index contributed by atoms with van der Waals surface area (Å²) in [5.41, 5.74) is 0.605. The minimum Gasteiger partial charge on any atom is -0.343 e. The number of carbonyl (C=O) groups excluding carboxylic acids is 2. The topological polar surface area (TPSA) is 52.6 Å². The van der Waals surface area contributed by atoms with Crippen molar-refractivity contribution < 1.29 is 19.1 Å². The highest BCUT2D eigenvalue weighted by Gasteiger charge is 2.68. The van der Waals surface area contributed by atoms with Crippen LogP contribution in [0.5, 0.6) is 0 Å². The number of hydrogen-bond acceptors (Lipinski definition) is 4. The van der Waals surface area contributed by atoms with Crippen LogP contribution in [0.15, 0.2) is 24.3 Å². The molecule has 0 spiro atoms. The van der Waals surface area contributed by atoms with Gasteiger partial charge in [-0.2, -0.15) is 0 Å². The third kappa shape index (κ3) is 1.60. The third-order valence-corrected chi connectivity index (χ3v) is 4.46. The Morgan fingerprint density at radius 2 is 2.00 bits per heavy atom. The quantitative estimate of drug-likeness (QED) is 0.773.